The number of fused-ring (bicyclic) bond motifs is 1. The van der Waals surface area contributed by atoms with Crippen LogP contribution < -0.4 is 24.2 Å². The van der Waals surface area contributed by atoms with Gasteiger partial charge in [0.15, 0.2) is 17.6 Å². The van der Waals surface area contributed by atoms with E-state index in [1.807, 2.05) is 30.3 Å². The van der Waals surface area contributed by atoms with Crippen molar-refractivity contribution in [1.82, 2.24) is 0 Å². The molecule has 3 aromatic rings. The van der Waals surface area contributed by atoms with Gasteiger partial charge in [0.25, 0.3) is 5.91 Å². The molecule has 8 nitrogen and oxygen atoms in total. The predicted octanol–water partition coefficient (Wildman–Crippen LogP) is 4.42. The Morgan fingerprint density at radius 2 is 1.46 bits per heavy atom. The fraction of sp³-hybridized carbons (Fsp3) is 0.231. The van der Waals surface area contributed by atoms with E-state index in [1.165, 1.54) is 21.3 Å². The van der Waals surface area contributed by atoms with Crippen molar-refractivity contribution in [2.45, 2.75) is 12.1 Å². The minimum absolute atomic E-state index is 0.304. The van der Waals surface area contributed by atoms with Crippen LogP contribution in [0, 0.1) is 5.92 Å². The molecule has 0 aliphatic carbocycles. The number of hydrogen-bond acceptors (Lipinski definition) is 7. The Morgan fingerprint density at radius 1 is 0.829 bits per heavy atom. The summed E-state index contributed by atoms with van der Waals surface area (Å²) in [5, 5.41) is 1.91. The van der Waals surface area contributed by atoms with E-state index in [0.29, 0.717) is 39.2 Å². The number of para-hydroxylation sites is 2. The number of carbonyl (C=O) groups excluding carboxylic acids is 2. The summed E-state index contributed by atoms with van der Waals surface area (Å²) in [4.78, 5) is 34.6. The Balaban J connectivity index is 1.65. The molecule has 0 unspecified atom stereocenters. The largest absolute Gasteiger partial charge is 0.493 e. The lowest BCUT2D eigenvalue weighted by molar-refractivity contribution is -0.126. The maximum atomic E-state index is 13.8. The summed E-state index contributed by atoms with van der Waals surface area (Å²) in [7, 11) is 4.56. The summed E-state index contributed by atoms with van der Waals surface area (Å²) < 4.78 is 16.5. The number of methoxy groups -OCH3 is 3. The zero-order valence-corrected chi connectivity index (χ0v) is 20.1. The second-order valence-corrected chi connectivity index (χ2v) is 8.49. The number of anilines is 2. The molecule has 2 aliphatic heterocycles. The van der Waals surface area contributed by atoms with Crippen molar-refractivity contribution < 1.29 is 28.6 Å². The molecule has 35 heavy (non-hydrogen) atoms. The molecule has 0 radical (unpaired) electrons. The molecular formula is C26H23ClN2O6. The van der Waals surface area contributed by atoms with Crippen LogP contribution in [0.3, 0.4) is 0 Å². The van der Waals surface area contributed by atoms with Crippen LogP contribution in [0.1, 0.15) is 11.6 Å². The van der Waals surface area contributed by atoms with Crippen molar-refractivity contribution in [2.24, 2.45) is 5.92 Å². The van der Waals surface area contributed by atoms with Gasteiger partial charge in [-0.2, -0.15) is 0 Å². The van der Waals surface area contributed by atoms with Gasteiger partial charge in [0.2, 0.25) is 11.7 Å². The van der Waals surface area contributed by atoms with Gasteiger partial charge in [-0.15, -0.1) is 0 Å². The number of hydrogen-bond donors (Lipinski definition) is 0. The van der Waals surface area contributed by atoms with Crippen molar-refractivity contribution >= 4 is 34.8 Å². The summed E-state index contributed by atoms with van der Waals surface area (Å²) in [6, 6.07) is 18.9. The van der Waals surface area contributed by atoms with Gasteiger partial charge >= 0.3 is 0 Å². The Morgan fingerprint density at radius 3 is 2.06 bits per heavy atom. The van der Waals surface area contributed by atoms with Crippen molar-refractivity contribution in [1.29, 1.82) is 0 Å². The lowest BCUT2D eigenvalue weighted by Gasteiger charge is -2.29. The van der Waals surface area contributed by atoms with Crippen molar-refractivity contribution in [3.05, 3.63) is 77.3 Å². The van der Waals surface area contributed by atoms with Crippen LogP contribution in [-0.2, 0) is 14.4 Å². The Hall–Kier alpha value is -3.75. The topological polar surface area (TPSA) is 77.5 Å². The highest BCUT2D eigenvalue weighted by molar-refractivity contribution is 6.36. The van der Waals surface area contributed by atoms with E-state index in [1.54, 1.807) is 41.5 Å². The van der Waals surface area contributed by atoms with Crippen molar-refractivity contribution in [3.63, 3.8) is 0 Å². The van der Waals surface area contributed by atoms with E-state index in [-0.39, 0.29) is 0 Å². The van der Waals surface area contributed by atoms with E-state index in [4.69, 9.17) is 30.6 Å². The maximum Gasteiger partial charge on any atom is 0.266 e. The minimum atomic E-state index is -1.02. The van der Waals surface area contributed by atoms with E-state index < -0.39 is 29.9 Å². The molecule has 2 fully saturated rings. The first-order chi connectivity index (χ1) is 17.0. The third kappa shape index (κ3) is 3.66. The summed E-state index contributed by atoms with van der Waals surface area (Å²) >= 11 is 6.34. The lowest BCUT2D eigenvalue weighted by Crippen LogP contribution is -2.37. The molecule has 180 valence electrons. The van der Waals surface area contributed by atoms with Gasteiger partial charge in [-0.3, -0.25) is 14.4 Å². The first kappa shape index (κ1) is 23.0. The monoisotopic (exact) mass is 494 g/mol. The van der Waals surface area contributed by atoms with E-state index >= 15 is 0 Å². The van der Waals surface area contributed by atoms with Gasteiger partial charge in [0.05, 0.1) is 43.8 Å². The number of rotatable bonds is 6. The van der Waals surface area contributed by atoms with Crippen LogP contribution in [0.5, 0.6) is 17.2 Å². The fourth-order valence-electron chi connectivity index (χ4n) is 4.69. The molecule has 3 atom stereocenters. The van der Waals surface area contributed by atoms with Crippen LogP contribution in [0.2, 0.25) is 5.02 Å². The maximum absolute atomic E-state index is 13.8. The van der Waals surface area contributed by atoms with Gasteiger partial charge in [0.1, 0.15) is 5.92 Å². The van der Waals surface area contributed by atoms with Crippen LogP contribution >= 0.6 is 11.6 Å². The molecule has 0 saturated carbocycles. The van der Waals surface area contributed by atoms with E-state index in [0.717, 1.165) is 4.90 Å². The fourth-order valence-corrected chi connectivity index (χ4v) is 4.92. The van der Waals surface area contributed by atoms with Crippen LogP contribution in [0.4, 0.5) is 11.4 Å². The summed E-state index contributed by atoms with van der Waals surface area (Å²) in [5.74, 6) is -0.417. The highest BCUT2D eigenvalue weighted by Gasteiger charge is 2.60. The minimum Gasteiger partial charge on any atom is -0.493 e. The molecule has 9 heteroatoms. The number of hydroxylamine groups is 1. The molecule has 3 aromatic carbocycles. The van der Waals surface area contributed by atoms with Gasteiger partial charge < -0.3 is 14.2 Å². The molecule has 5 rings (SSSR count). The van der Waals surface area contributed by atoms with Gasteiger partial charge in [-0.1, -0.05) is 41.9 Å². The molecule has 2 aliphatic rings. The van der Waals surface area contributed by atoms with Gasteiger partial charge in [-0.25, -0.2) is 9.96 Å². The molecule has 0 N–H and O–H groups in total. The number of carbonyl (C=O) groups is 2. The summed E-state index contributed by atoms with van der Waals surface area (Å²) in [5.41, 5.74) is 1.70. The second kappa shape index (κ2) is 9.13. The number of nitrogens with zero attached hydrogens (tertiary/aromatic N) is 2. The van der Waals surface area contributed by atoms with Crippen LogP contribution in [-0.4, -0.2) is 39.2 Å². The number of halogens is 1. The summed E-state index contributed by atoms with van der Waals surface area (Å²) in [6.07, 6.45) is -1.02. The van der Waals surface area contributed by atoms with Crippen molar-refractivity contribution in [2.75, 3.05) is 31.3 Å². The molecule has 2 saturated heterocycles. The average molecular weight is 495 g/mol. The Kier molecular flexibility index (Phi) is 6.00. The predicted molar refractivity (Wildman–Crippen MR) is 130 cm³/mol. The SMILES string of the molecule is COc1cc([C@@H]2[C@@H]3C(=O)N(c4ccccc4Cl)C(=O)[C@@H]3ON2c2ccccc2)cc(OC)c1OC. The zero-order chi connectivity index (χ0) is 24.7. The Labute approximate surface area is 207 Å². The normalized spacial score (nSPS) is 21.3. The highest BCUT2D eigenvalue weighted by Crippen LogP contribution is 2.50. The number of imide groups is 1. The van der Waals surface area contributed by atoms with Gasteiger partial charge in [0, 0.05) is 0 Å². The molecule has 0 aromatic heterocycles. The van der Waals surface area contributed by atoms with Crippen molar-refractivity contribution in [3.8, 4) is 17.2 Å². The third-order valence-electron chi connectivity index (χ3n) is 6.25. The molecule has 0 spiro atoms. The number of ether oxygens (including phenoxy) is 3. The molecule has 0 bridgehead atoms. The average Bonchev–Trinajstić information content (AvgIpc) is 3.40. The number of benzene rings is 3. The lowest BCUT2D eigenvalue weighted by atomic mass is 9.90. The van der Waals surface area contributed by atoms with Crippen LogP contribution in [0.25, 0.3) is 0 Å². The first-order valence-electron chi connectivity index (χ1n) is 10.9. The number of amides is 2. The van der Waals surface area contributed by atoms with E-state index in [2.05, 4.69) is 0 Å². The van der Waals surface area contributed by atoms with Gasteiger partial charge in [-0.05, 0) is 42.0 Å². The summed E-state index contributed by atoms with van der Waals surface area (Å²) in [6.45, 7) is 0. The highest BCUT2D eigenvalue weighted by atomic mass is 35.5. The molecule has 2 heterocycles. The quantitative estimate of drug-likeness (QED) is 0.469. The zero-order valence-electron chi connectivity index (χ0n) is 19.3. The van der Waals surface area contributed by atoms with Crippen LogP contribution in [0.15, 0.2) is 66.7 Å². The smallest absolute Gasteiger partial charge is 0.266 e. The Bertz CT molecular complexity index is 1260. The second-order valence-electron chi connectivity index (χ2n) is 8.08. The molecular weight excluding hydrogens is 472 g/mol. The third-order valence-corrected chi connectivity index (χ3v) is 6.57. The first-order valence-corrected chi connectivity index (χ1v) is 11.3. The van der Waals surface area contributed by atoms with E-state index in [9.17, 15) is 9.59 Å². The molecule has 2 amide bonds. The standard InChI is InChI=1S/C26H23ClN2O6/c1-32-19-13-15(14-20(33-2)23(19)34-3)22-21-24(35-29(22)16-9-5-4-6-10-16)26(31)28(25(21)30)18-12-8-7-11-17(18)27/h4-14,21-22,24H,1-3H3/t21-,22+,24+/m0/s1.